The quantitative estimate of drug-likeness (QED) is 0.630. The van der Waals surface area contributed by atoms with Gasteiger partial charge in [0.25, 0.3) is 5.56 Å². The molecular weight excluding hydrogens is 234 g/mol. The number of hydrogen-bond donors (Lipinski definition) is 2. The molecule has 2 rings (SSSR count). The molecule has 88 valence electrons. The maximum atomic E-state index is 11.3. The molecule has 0 radical (unpaired) electrons. The lowest BCUT2D eigenvalue weighted by Crippen LogP contribution is -2.07. The Balaban J connectivity index is 2.37. The first kappa shape index (κ1) is 11.7. The molecule has 0 atom stereocenters. The standard InChI is InChI=1S/C12H13N3OS/c1-7-3-4-9(13)6-10(7)17-12-14-8(2)5-11(16)15-12/h3-6H,13H2,1-2H3,(H,14,15,16). The Morgan fingerprint density at radius 3 is 2.76 bits per heavy atom. The summed E-state index contributed by atoms with van der Waals surface area (Å²) in [5.74, 6) is 0. The molecule has 0 saturated heterocycles. The summed E-state index contributed by atoms with van der Waals surface area (Å²) in [5.41, 5.74) is 8.11. The monoisotopic (exact) mass is 247 g/mol. The summed E-state index contributed by atoms with van der Waals surface area (Å²) < 4.78 is 0. The zero-order valence-electron chi connectivity index (χ0n) is 9.65. The number of nitrogen functional groups attached to an aromatic ring is 1. The molecule has 0 aliphatic rings. The third-order valence-corrected chi connectivity index (χ3v) is 3.31. The topological polar surface area (TPSA) is 71.8 Å². The highest BCUT2D eigenvalue weighted by Gasteiger charge is 2.04. The molecule has 4 nitrogen and oxygen atoms in total. The molecule has 0 saturated carbocycles. The normalized spacial score (nSPS) is 10.5. The number of nitrogens with one attached hydrogen (secondary N) is 1. The van der Waals surface area contributed by atoms with E-state index in [0.29, 0.717) is 16.5 Å². The van der Waals surface area contributed by atoms with Gasteiger partial charge in [0.15, 0.2) is 5.16 Å². The van der Waals surface area contributed by atoms with Gasteiger partial charge in [-0.25, -0.2) is 4.98 Å². The Morgan fingerprint density at radius 2 is 2.06 bits per heavy atom. The average molecular weight is 247 g/mol. The van der Waals surface area contributed by atoms with Crippen LogP contribution in [0.1, 0.15) is 11.3 Å². The minimum Gasteiger partial charge on any atom is -0.399 e. The Bertz CT molecular complexity index is 607. The Hall–Kier alpha value is -1.75. The second-order valence-electron chi connectivity index (χ2n) is 3.82. The number of anilines is 1. The van der Waals surface area contributed by atoms with Crippen molar-refractivity contribution in [1.29, 1.82) is 0 Å². The number of benzene rings is 1. The van der Waals surface area contributed by atoms with Crippen molar-refractivity contribution < 1.29 is 0 Å². The van der Waals surface area contributed by atoms with E-state index in [2.05, 4.69) is 9.97 Å². The lowest BCUT2D eigenvalue weighted by molar-refractivity contribution is 0.905. The smallest absolute Gasteiger partial charge is 0.251 e. The van der Waals surface area contributed by atoms with Crippen LogP contribution in [0.5, 0.6) is 0 Å². The maximum absolute atomic E-state index is 11.3. The van der Waals surface area contributed by atoms with Crippen LogP contribution in [0.2, 0.25) is 0 Å². The molecule has 0 spiro atoms. The summed E-state index contributed by atoms with van der Waals surface area (Å²) in [7, 11) is 0. The molecule has 0 bridgehead atoms. The van der Waals surface area contributed by atoms with Crippen LogP contribution in [-0.2, 0) is 0 Å². The van der Waals surface area contributed by atoms with Gasteiger partial charge in [0, 0.05) is 22.3 Å². The number of aryl methyl sites for hydroxylation is 2. The highest BCUT2D eigenvalue weighted by atomic mass is 32.2. The number of rotatable bonds is 2. The van der Waals surface area contributed by atoms with Crippen molar-refractivity contribution in [2.24, 2.45) is 0 Å². The summed E-state index contributed by atoms with van der Waals surface area (Å²) in [4.78, 5) is 19.3. The zero-order chi connectivity index (χ0) is 12.4. The van der Waals surface area contributed by atoms with E-state index >= 15 is 0 Å². The molecule has 0 unspecified atom stereocenters. The van der Waals surface area contributed by atoms with Crippen LogP contribution in [0.15, 0.2) is 39.1 Å². The number of aromatic nitrogens is 2. The van der Waals surface area contributed by atoms with Gasteiger partial charge in [0.2, 0.25) is 0 Å². The number of nitrogens with zero attached hydrogens (tertiary/aromatic N) is 1. The van der Waals surface area contributed by atoms with Gasteiger partial charge in [-0.05, 0) is 31.5 Å². The van der Waals surface area contributed by atoms with Crippen LogP contribution in [0, 0.1) is 13.8 Å². The van der Waals surface area contributed by atoms with E-state index in [4.69, 9.17) is 5.73 Å². The van der Waals surface area contributed by atoms with Gasteiger partial charge in [-0.2, -0.15) is 0 Å². The highest BCUT2D eigenvalue weighted by molar-refractivity contribution is 7.99. The summed E-state index contributed by atoms with van der Waals surface area (Å²) in [6, 6.07) is 7.15. The SMILES string of the molecule is Cc1cc(=O)[nH]c(Sc2cc(N)ccc2C)n1. The van der Waals surface area contributed by atoms with Crippen LogP contribution in [0.3, 0.4) is 0 Å². The second-order valence-corrected chi connectivity index (χ2v) is 4.85. The largest absolute Gasteiger partial charge is 0.399 e. The van der Waals surface area contributed by atoms with E-state index in [-0.39, 0.29) is 5.56 Å². The number of H-pyrrole nitrogens is 1. The van der Waals surface area contributed by atoms with Crippen molar-refractivity contribution in [3.8, 4) is 0 Å². The molecule has 17 heavy (non-hydrogen) atoms. The summed E-state index contributed by atoms with van der Waals surface area (Å²) in [6.45, 7) is 3.79. The molecule has 0 aliphatic heterocycles. The lowest BCUT2D eigenvalue weighted by Gasteiger charge is -2.06. The fourth-order valence-electron chi connectivity index (χ4n) is 1.43. The van der Waals surface area contributed by atoms with Crippen molar-refractivity contribution in [3.05, 3.63) is 45.9 Å². The first-order valence-corrected chi connectivity index (χ1v) is 5.98. The molecule has 3 N–H and O–H groups in total. The fourth-order valence-corrected chi connectivity index (χ4v) is 2.40. The molecule has 0 fully saturated rings. The third-order valence-electron chi connectivity index (χ3n) is 2.27. The van der Waals surface area contributed by atoms with Gasteiger partial charge in [-0.1, -0.05) is 17.8 Å². The van der Waals surface area contributed by atoms with E-state index in [1.54, 1.807) is 6.92 Å². The Labute approximate surface area is 103 Å². The predicted octanol–water partition coefficient (Wildman–Crippen LogP) is 2.12. The van der Waals surface area contributed by atoms with Crippen LogP contribution >= 0.6 is 11.8 Å². The molecule has 1 aromatic carbocycles. The van der Waals surface area contributed by atoms with Crippen molar-refractivity contribution in [3.63, 3.8) is 0 Å². The molecule has 1 aromatic heterocycles. The van der Waals surface area contributed by atoms with E-state index in [9.17, 15) is 4.79 Å². The molecular formula is C12H13N3OS. The predicted molar refractivity (Wildman–Crippen MR) is 69.3 cm³/mol. The summed E-state index contributed by atoms with van der Waals surface area (Å²) in [6.07, 6.45) is 0. The van der Waals surface area contributed by atoms with E-state index in [1.165, 1.54) is 17.8 Å². The van der Waals surface area contributed by atoms with E-state index < -0.39 is 0 Å². The van der Waals surface area contributed by atoms with Gasteiger partial charge < -0.3 is 10.7 Å². The fraction of sp³-hybridized carbons (Fsp3) is 0.167. The zero-order valence-corrected chi connectivity index (χ0v) is 10.5. The van der Waals surface area contributed by atoms with E-state index in [1.807, 2.05) is 25.1 Å². The Kier molecular flexibility index (Phi) is 3.19. The number of hydrogen-bond acceptors (Lipinski definition) is 4. The van der Waals surface area contributed by atoms with Crippen LogP contribution in [0.4, 0.5) is 5.69 Å². The van der Waals surface area contributed by atoms with Crippen molar-refractivity contribution in [1.82, 2.24) is 9.97 Å². The maximum Gasteiger partial charge on any atom is 0.251 e. The van der Waals surface area contributed by atoms with Gasteiger partial charge >= 0.3 is 0 Å². The molecule has 2 aromatic rings. The number of nitrogens with two attached hydrogens (primary N) is 1. The van der Waals surface area contributed by atoms with Crippen molar-refractivity contribution in [2.75, 3.05) is 5.73 Å². The van der Waals surface area contributed by atoms with Crippen molar-refractivity contribution >= 4 is 17.4 Å². The minimum atomic E-state index is -0.137. The lowest BCUT2D eigenvalue weighted by atomic mass is 10.2. The molecule has 0 aliphatic carbocycles. The van der Waals surface area contributed by atoms with Gasteiger partial charge in [-0.15, -0.1) is 0 Å². The van der Waals surface area contributed by atoms with E-state index in [0.717, 1.165) is 10.5 Å². The third kappa shape index (κ3) is 2.88. The molecule has 1 heterocycles. The number of aromatic amines is 1. The summed E-state index contributed by atoms with van der Waals surface area (Å²) in [5, 5.41) is 0.587. The first-order valence-electron chi connectivity index (χ1n) is 5.16. The van der Waals surface area contributed by atoms with Gasteiger partial charge in [0.1, 0.15) is 0 Å². The minimum absolute atomic E-state index is 0.137. The van der Waals surface area contributed by atoms with Crippen molar-refractivity contribution in [2.45, 2.75) is 23.9 Å². The van der Waals surface area contributed by atoms with Crippen LogP contribution in [0.25, 0.3) is 0 Å². The Morgan fingerprint density at radius 1 is 1.29 bits per heavy atom. The average Bonchev–Trinajstić information content (AvgIpc) is 2.22. The first-order chi connectivity index (χ1) is 8.04. The van der Waals surface area contributed by atoms with Crippen LogP contribution in [-0.4, -0.2) is 9.97 Å². The molecule has 5 heteroatoms. The highest BCUT2D eigenvalue weighted by Crippen LogP contribution is 2.28. The summed E-state index contributed by atoms with van der Waals surface area (Å²) >= 11 is 1.41. The second kappa shape index (κ2) is 4.63. The van der Waals surface area contributed by atoms with Gasteiger partial charge in [0.05, 0.1) is 0 Å². The van der Waals surface area contributed by atoms with Gasteiger partial charge in [-0.3, -0.25) is 4.79 Å². The molecule has 0 amide bonds. The van der Waals surface area contributed by atoms with Crippen LogP contribution < -0.4 is 11.3 Å².